The Bertz CT molecular complexity index is 460. The normalized spacial score (nSPS) is 10.1. The Hall–Kier alpha value is -1.76. The standard InChI is InChI=1S/C15H16O/c1-12-8-9-14(11-15(12)16-2)10-13-6-4-3-5-7-13/h3-9,11H,10H2,1-2H3. The van der Waals surface area contributed by atoms with E-state index in [1.54, 1.807) is 7.11 Å². The molecule has 0 spiro atoms. The fourth-order valence-electron chi connectivity index (χ4n) is 1.81. The van der Waals surface area contributed by atoms with Crippen molar-refractivity contribution >= 4 is 0 Å². The van der Waals surface area contributed by atoms with Crippen LogP contribution in [0.4, 0.5) is 0 Å². The first kappa shape index (κ1) is 10.7. The van der Waals surface area contributed by atoms with Crippen molar-refractivity contribution in [1.29, 1.82) is 0 Å². The van der Waals surface area contributed by atoms with Crippen molar-refractivity contribution in [3.63, 3.8) is 0 Å². The average Bonchev–Trinajstić information content (AvgIpc) is 2.33. The van der Waals surface area contributed by atoms with Crippen molar-refractivity contribution in [1.82, 2.24) is 0 Å². The number of benzene rings is 2. The van der Waals surface area contributed by atoms with Gasteiger partial charge in [-0.25, -0.2) is 0 Å². The first-order chi connectivity index (χ1) is 7.79. The van der Waals surface area contributed by atoms with Gasteiger partial charge < -0.3 is 4.74 Å². The molecule has 0 saturated heterocycles. The molecular weight excluding hydrogens is 196 g/mol. The molecule has 0 fully saturated rings. The van der Waals surface area contributed by atoms with Gasteiger partial charge in [0.25, 0.3) is 0 Å². The molecule has 0 aromatic heterocycles. The van der Waals surface area contributed by atoms with Crippen LogP contribution < -0.4 is 4.74 Å². The number of hydrogen-bond acceptors (Lipinski definition) is 1. The minimum Gasteiger partial charge on any atom is -0.496 e. The SMILES string of the molecule is COc1cc(Cc2ccccc2)ccc1C. The zero-order chi connectivity index (χ0) is 11.4. The molecule has 0 aliphatic carbocycles. The van der Waals surface area contributed by atoms with Gasteiger partial charge in [-0.15, -0.1) is 0 Å². The summed E-state index contributed by atoms with van der Waals surface area (Å²) in [6, 6.07) is 16.9. The van der Waals surface area contributed by atoms with Gasteiger partial charge in [0.2, 0.25) is 0 Å². The topological polar surface area (TPSA) is 9.23 Å². The minimum absolute atomic E-state index is 0.956. The number of methoxy groups -OCH3 is 1. The van der Waals surface area contributed by atoms with Crippen molar-refractivity contribution in [3.8, 4) is 5.75 Å². The van der Waals surface area contributed by atoms with E-state index in [9.17, 15) is 0 Å². The van der Waals surface area contributed by atoms with Crippen molar-refractivity contribution in [3.05, 3.63) is 65.2 Å². The highest BCUT2D eigenvalue weighted by molar-refractivity contribution is 5.38. The summed E-state index contributed by atoms with van der Waals surface area (Å²) in [6.07, 6.45) is 0.956. The molecule has 1 nitrogen and oxygen atoms in total. The van der Waals surface area contributed by atoms with Crippen molar-refractivity contribution in [2.24, 2.45) is 0 Å². The number of ether oxygens (including phenoxy) is 1. The van der Waals surface area contributed by atoms with Crippen LogP contribution in [0.3, 0.4) is 0 Å². The molecule has 0 heterocycles. The Morgan fingerprint density at radius 1 is 0.938 bits per heavy atom. The van der Waals surface area contributed by atoms with E-state index in [1.807, 2.05) is 6.07 Å². The van der Waals surface area contributed by atoms with Gasteiger partial charge in [-0.05, 0) is 36.1 Å². The first-order valence-corrected chi connectivity index (χ1v) is 5.47. The second kappa shape index (κ2) is 4.84. The van der Waals surface area contributed by atoms with E-state index >= 15 is 0 Å². The zero-order valence-electron chi connectivity index (χ0n) is 9.73. The molecule has 2 aromatic carbocycles. The van der Waals surface area contributed by atoms with E-state index in [2.05, 4.69) is 49.4 Å². The lowest BCUT2D eigenvalue weighted by atomic mass is 10.0. The zero-order valence-corrected chi connectivity index (χ0v) is 9.73. The molecule has 0 aliphatic rings. The van der Waals surface area contributed by atoms with Crippen LogP contribution in [-0.4, -0.2) is 7.11 Å². The summed E-state index contributed by atoms with van der Waals surface area (Å²) < 4.78 is 5.32. The predicted octanol–water partition coefficient (Wildman–Crippen LogP) is 3.59. The molecule has 0 aliphatic heterocycles. The number of rotatable bonds is 3. The molecule has 16 heavy (non-hydrogen) atoms. The van der Waals surface area contributed by atoms with Gasteiger partial charge in [0, 0.05) is 0 Å². The lowest BCUT2D eigenvalue weighted by Crippen LogP contribution is -1.92. The van der Waals surface area contributed by atoms with Crippen LogP contribution in [0, 0.1) is 6.92 Å². The summed E-state index contributed by atoms with van der Waals surface area (Å²) in [5.41, 5.74) is 3.79. The fraction of sp³-hybridized carbons (Fsp3) is 0.200. The molecule has 0 unspecified atom stereocenters. The quantitative estimate of drug-likeness (QED) is 0.755. The lowest BCUT2D eigenvalue weighted by Gasteiger charge is -2.07. The van der Waals surface area contributed by atoms with Gasteiger partial charge in [-0.2, -0.15) is 0 Å². The van der Waals surface area contributed by atoms with Crippen LogP contribution in [-0.2, 0) is 6.42 Å². The third-order valence-corrected chi connectivity index (χ3v) is 2.72. The minimum atomic E-state index is 0.956. The summed E-state index contributed by atoms with van der Waals surface area (Å²) in [5, 5.41) is 0. The molecule has 82 valence electrons. The molecule has 2 aromatic rings. The van der Waals surface area contributed by atoms with Gasteiger partial charge in [0.1, 0.15) is 5.75 Å². The van der Waals surface area contributed by atoms with E-state index < -0.39 is 0 Å². The first-order valence-electron chi connectivity index (χ1n) is 5.47. The molecule has 0 radical (unpaired) electrons. The lowest BCUT2D eigenvalue weighted by molar-refractivity contribution is 0.411. The second-order valence-corrected chi connectivity index (χ2v) is 3.97. The van der Waals surface area contributed by atoms with Gasteiger partial charge in [-0.3, -0.25) is 0 Å². The molecule has 0 N–H and O–H groups in total. The Kier molecular flexibility index (Phi) is 3.25. The monoisotopic (exact) mass is 212 g/mol. The number of aryl methyl sites for hydroxylation is 1. The van der Waals surface area contributed by atoms with Gasteiger partial charge >= 0.3 is 0 Å². The maximum absolute atomic E-state index is 5.32. The third-order valence-electron chi connectivity index (χ3n) is 2.72. The van der Waals surface area contributed by atoms with E-state index in [0.29, 0.717) is 0 Å². The van der Waals surface area contributed by atoms with Gasteiger partial charge in [0.15, 0.2) is 0 Å². The van der Waals surface area contributed by atoms with Gasteiger partial charge in [0.05, 0.1) is 7.11 Å². The molecular formula is C15H16O. The third kappa shape index (κ3) is 2.43. The maximum atomic E-state index is 5.32. The largest absolute Gasteiger partial charge is 0.496 e. The highest BCUT2D eigenvalue weighted by Crippen LogP contribution is 2.20. The molecule has 0 bridgehead atoms. The summed E-state index contributed by atoms with van der Waals surface area (Å²) >= 11 is 0. The van der Waals surface area contributed by atoms with E-state index in [4.69, 9.17) is 4.74 Å². The molecule has 0 amide bonds. The molecule has 2 rings (SSSR count). The molecule has 0 saturated carbocycles. The smallest absolute Gasteiger partial charge is 0.122 e. The second-order valence-electron chi connectivity index (χ2n) is 3.97. The Morgan fingerprint density at radius 2 is 1.69 bits per heavy atom. The van der Waals surface area contributed by atoms with Crippen molar-refractivity contribution < 1.29 is 4.74 Å². The summed E-state index contributed by atoms with van der Waals surface area (Å²) in [7, 11) is 1.72. The van der Waals surface area contributed by atoms with Crippen molar-refractivity contribution in [2.45, 2.75) is 13.3 Å². The van der Waals surface area contributed by atoms with Crippen LogP contribution in [0.1, 0.15) is 16.7 Å². The summed E-state index contributed by atoms with van der Waals surface area (Å²) in [5.74, 6) is 0.966. The van der Waals surface area contributed by atoms with Crippen LogP contribution in [0.5, 0.6) is 5.75 Å². The summed E-state index contributed by atoms with van der Waals surface area (Å²) in [4.78, 5) is 0. The van der Waals surface area contributed by atoms with Crippen LogP contribution in [0.15, 0.2) is 48.5 Å². The fourth-order valence-corrected chi connectivity index (χ4v) is 1.81. The molecule has 0 atom stereocenters. The Labute approximate surface area is 96.7 Å². The van der Waals surface area contributed by atoms with E-state index in [0.717, 1.165) is 12.2 Å². The Balaban J connectivity index is 2.22. The van der Waals surface area contributed by atoms with Crippen LogP contribution in [0.2, 0.25) is 0 Å². The Morgan fingerprint density at radius 3 is 2.38 bits per heavy atom. The average molecular weight is 212 g/mol. The van der Waals surface area contributed by atoms with E-state index in [-0.39, 0.29) is 0 Å². The molecule has 1 heteroatoms. The van der Waals surface area contributed by atoms with Crippen LogP contribution in [0.25, 0.3) is 0 Å². The summed E-state index contributed by atoms with van der Waals surface area (Å²) in [6.45, 7) is 2.06. The highest BCUT2D eigenvalue weighted by Gasteiger charge is 2.01. The maximum Gasteiger partial charge on any atom is 0.122 e. The van der Waals surface area contributed by atoms with E-state index in [1.165, 1.54) is 16.7 Å². The van der Waals surface area contributed by atoms with Crippen molar-refractivity contribution in [2.75, 3.05) is 7.11 Å². The van der Waals surface area contributed by atoms with Gasteiger partial charge in [-0.1, -0.05) is 42.5 Å². The highest BCUT2D eigenvalue weighted by atomic mass is 16.5. The van der Waals surface area contributed by atoms with Crippen LogP contribution >= 0.6 is 0 Å². The predicted molar refractivity (Wildman–Crippen MR) is 67.0 cm³/mol. The number of hydrogen-bond donors (Lipinski definition) is 0.